The third-order valence-electron chi connectivity index (χ3n) is 2.32. The van der Waals surface area contributed by atoms with Crippen LogP contribution < -0.4 is 10.1 Å². The first-order valence-corrected chi connectivity index (χ1v) is 6.17. The van der Waals surface area contributed by atoms with Crippen molar-refractivity contribution in [2.75, 3.05) is 12.4 Å². The van der Waals surface area contributed by atoms with Crippen molar-refractivity contribution in [3.8, 4) is 5.75 Å². The zero-order chi connectivity index (χ0) is 13.0. The number of amides is 1. The van der Waals surface area contributed by atoms with Gasteiger partial charge < -0.3 is 10.1 Å². The van der Waals surface area contributed by atoms with E-state index in [9.17, 15) is 4.79 Å². The largest absolute Gasteiger partial charge is 0.495 e. The lowest BCUT2D eigenvalue weighted by Gasteiger charge is -2.15. The Morgan fingerprint density at radius 2 is 2.12 bits per heavy atom. The Bertz CT molecular complexity index is 409. The van der Waals surface area contributed by atoms with Crippen LogP contribution in [0.4, 0.5) is 5.69 Å². The SMILES string of the molecule is COc1ccc(NC(=O)C(S)C(C)C)cc1Cl. The van der Waals surface area contributed by atoms with E-state index in [1.807, 2.05) is 13.8 Å². The number of rotatable bonds is 4. The van der Waals surface area contributed by atoms with Crippen molar-refractivity contribution in [3.63, 3.8) is 0 Å². The highest BCUT2D eigenvalue weighted by Gasteiger charge is 2.17. The molecule has 3 nitrogen and oxygen atoms in total. The van der Waals surface area contributed by atoms with E-state index in [2.05, 4.69) is 17.9 Å². The molecular weight excluding hydrogens is 258 g/mol. The Hall–Kier alpha value is -0.870. The molecule has 1 N–H and O–H groups in total. The number of hydrogen-bond acceptors (Lipinski definition) is 3. The van der Waals surface area contributed by atoms with E-state index in [0.717, 1.165) is 0 Å². The number of anilines is 1. The van der Waals surface area contributed by atoms with Gasteiger partial charge in [0.2, 0.25) is 5.91 Å². The molecule has 94 valence electrons. The number of hydrogen-bond donors (Lipinski definition) is 2. The minimum Gasteiger partial charge on any atom is -0.495 e. The summed E-state index contributed by atoms with van der Waals surface area (Å²) >= 11 is 10.2. The molecule has 0 spiro atoms. The summed E-state index contributed by atoms with van der Waals surface area (Å²) in [5, 5.41) is 2.89. The molecule has 0 fully saturated rings. The molecule has 0 bridgehead atoms. The van der Waals surface area contributed by atoms with Crippen LogP contribution in [-0.4, -0.2) is 18.3 Å². The maximum Gasteiger partial charge on any atom is 0.237 e. The average Bonchev–Trinajstić information content (AvgIpc) is 2.28. The summed E-state index contributed by atoms with van der Waals surface area (Å²) in [6, 6.07) is 5.10. The number of ether oxygens (including phenoxy) is 1. The molecule has 1 amide bonds. The fraction of sp³-hybridized carbons (Fsp3) is 0.417. The molecule has 0 aliphatic rings. The van der Waals surface area contributed by atoms with E-state index < -0.39 is 0 Å². The number of benzene rings is 1. The minimum absolute atomic E-state index is 0.135. The highest BCUT2D eigenvalue weighted by molar-refractivity contribution is 7.81. The maximum absolute atomic E-state index is 11.8. The van der Waals surface area contributed by atoms with Gasteiger partial charge in [-0.05, 0) is 24.1 Å². The smallest absolute Gasteiger partial charge is 0.237 e. The first-order valence-electron chi connectivity index (χ1n) is 5.28. The normalized spacial score (nSPS) is 12.4. The number of carbonyl (C=O) groups is 1. The second-order valence-corrected chi connectivity index (χ2v) is 4.99. The summed E-state index contributed by atoms with van der Waals surface area (Å²) in [5.74, 6) is 0.618. The average molecular weight is 274 g/mol. The molecule has 0 heterocycles. The van der Waals surface area contributed by atoms with Gasteiger partial charge >= 0.3 is 0 Å². The number of methoxy groups -OCH3 is 1. The van der Waals surface area contributed by atoms with Crippen LogP contribution in [0.5, 0.6) is 5.75 Å². The Kier molecular flexibility index (Phi) is 5.15. The topological polar surface area (TPSA) is 38.3 Å². The van der Waals surface area contributed by atoms with E-state index >= 15 is 0 Å². The third kappa shape index (κ3) is 3.82. The van der Waals surface area contributed by atoms with Crippen LogP contribution in [0.3, 0.4) is 0 Å². The number of carbonyl (C=O) groups excluding carboxylic acids is 1. The van der Waals surface area contributed by atoms with Crippen LogP contribution in [-0.2, 0) is 4.79 Å². The lowest BCUT2D eigenvalue weighted by atomic mass is 10.1. The van der Waals surface area contributed by atoms with Crippen molar-refractivity contribution in [1.82, 2.24) is 0 Å². The van der Waals surface area contributed by atoms with Gasteiger partial charge in [-0.15, -0.1) is 0 Å². The first kappa shape index (κ1) is 14.2. The second-order valence-electron chi connectivity index (χ2n) is 4.03. The number of thiol groups is 1. The summed E-state index contributed by atoms with van der Waals surface area (Å²) < 4.78 is 5.03. The first-order chi connectivity index (χ1) is 7.95. The molecular formula is C12H16ClNO2S. The number of halogens is 1. The lowest BCUT2D eigenvalue weighted by molar-refractivity contribution is -0.116. The Morgan fingerprint density at radius 3 is 2.59 bits per heavy atom. The molecule has 17 heavy (non-hydrogen) atoms. The van der Waals surface area contributed by atoms with Crippen molar-refractivity contribution in [2.24, 2.45) is 5.92 Å². The summed E-state index contributed by atoms with van der Waals surface area (Å²) in [5.41, 5.74) is 0.639. The van der Waals surface area contributed by atoms with Gasteiger partial charge in [-0.2, -0.15) is 12.6 Å². The van der Waals surface area contributed by atoms with Crippen LogP contribution in [0, 0.1) is 5.92 Å². The molecule has 1 unspecified atom stereocenters. The van der Waals surface area contributed by atoms with E-state index in [4.69, 9.17) is 16.3 Å². The van der Waals surface area contributed by atoms with E-state index in [1.54, 1.807) is 25.3 Å². The molecule has 0 aliphatic carbocycles. The molecule has 1 rings (SSSR count). The van der Waals surface area contributed by atoms with Gasteiger partial charge in [0.1, 0.15) is 5.75 Å². The zero-order valence-corrected chi connectivity index (χ0v) is 11.7. The van der Waals surface area contributed by atoms with Gasteiger partial charge in [-0.1, -0.05) is 25.4 Å². The van der Waals surface area contributed by atoms with Gasteiger partial charge in [0.25, 0.3) is 0 Å². The molecule has 0 saturated carbocycles. The van der Waals surface area contributed by atoms with E-state index in [0.29, 0.717) is 16.5 Å². The van der Waals surface area contributed by atoms with Gasteiger partial charge in [-0.3, -0.25) is 4.79 Å². The third-order valence-corrected chi connectivity index (χ3v) is 3.45. The van der Waals surface area contributed by atoms with Crippen molar-refractivity contribution >= 4 is 35.8 Å². The maximum atomic E-state index is 11.8. The molecule has 0 saturated heterocycles. The van der Waals surface area contributed by atoms with Crippen molar-refractivity contribution < 1.29 is 9.53 Å². The van der Waals surface area contributed by atoms with Crippen LogP contribution in [0.2, 0.25) is 5.02 Å². The quantitative estimate of drug-likeness (QED) is 0.827. The summed E-state index contributed by atoms with van der Waals surface area (Å²) in [6.45, 7) is 3.89. The van der Waals surface area contributed by atoms with Gasteiger partial charge in [0, 0.05) is 5.69 Å². The fourth-order valence-electron chi connectivity index (χ4n) is 1.26. The Balaban J connectivity index is 2.76. The zero-order valence-electron chi connectivity index (χ0n) is 10.0. The van der Waals surface area contributed by atoms with Crippen molar-refractivity contribution in [2.45, 2.75) is 19.1 Å². The Morgan fingerprint density at radius 1 is 1.47 bits per heavy atom. The summed E-state index contributed by atoms with van der Waals surface area (Å²) in [4.78, 5) is 11.8. The van der Waals surface area contributed by atoms with E-state index in [1.165, 1.54) is 0 Å². The number of nitrogens with one attached hydrogen (secondary N) is 1. The van der Waals surface area contributed by atoms with E-state index in [-0.39, 0.29) is 17.1 Å². The summed E-state index contributed by atoms with van der Waals surface area (Å²) in [7, 11) is 1.54. The molecule has 0 aliphatic heterocycles. The highest BCUT2D eigenvalue weighted by atomic mass is 35.5. The predicted octanol–water partition coefficient (Wildman–Crippen LogP) is 3.24. The van der Waals surface area contributed by atoms with Gasteiger partial charge in [0.05, 0.1) is 17.4 Å². The second kappa shape index (κ2) is 6.17. The summed E-state index contributed by atoms with van der Waals surface area (Å²) in [6.07, 6.45) is 0. The van der Waals surface area contributed by atoms with Crippen molar-refractivity contribution in [1.29, 1.82) is 0 Å². The van der Waals surface area contributed by atoms with Gasteiger partial charge in [-0.25, -0.2) is 0 Å². The Labute approximate surface area is 112 Å². The van der Waals surface area contributed by atoms with Crippen molar-refractivity contribution in [3.05, 3.63) is 23.2 Å². The van der Waals surface area contributed by atoms with Crippen LogP contribution in [0.15, 0.2) is 18.2 Å². The lowest BCUT2D eigenvalue weighted by Crippen LogP contribution is -2.27. The molecule has 5 heteroatoms. The molecule has 1 aromatic carbocycles. The molecule has 1 aromatic rings. The highest BCUT2D eigenvalue weighted by Crippen LogP contribution is 2.27. The van der Waals surface area contributed by atoms with Crippen LogP contribution >= 0.6 is 24.2 Å². The van der Waals surface area contributed by atoms with Gasteiger partial charge in [0.15, 0.2) is 0 Å². The molecule has 1 atom stereocenters. The predicted molar refractivity (Wildman–Crippen MR) is 74.2 cm³/mol. The fourth-order valence-corrected chi connectivity index (χ4v) is 1.59. The minimum atomic E-state index is -0.337. The van der Waals surface area contributed by atoms with Crippen LogP contribution in [0.25, 0.3) is 0 Å². The monoisotopic (exact) mass is 273 g/mol. The van der Waals surface area contributed by atoms with Crippen LogP contribution in [0.1, 0.15) is 13.8 Å². The molecule has 0 radical (unpaired) electrons. The molecule has 0 aromatic heterocycles. The standard InChI is InChI=1S/C12H16ClNO2S/c1-7(2)11(17)12(15)14-8-4-5-10(16-3)9(13)6-8/h4-7,11,17H,1-3H3,(H,14,15).